The zero-order valence-electron chi connectivity index (χ0n) is 10.5. The minimum Gasteiger partial charge on any atom is -0.497 e. The number of rotatable bonds is 3. The number of benzene rings is 1. The summed E-state index contributed by atoms with van der Waals surface area (Å²) in [6, 6.07) is 8.94. The Hall–Kier alpha value is -0.770. The van der Waals surface area contributed by atoms with Crippen molar-refractivity contribution < 1.29 is 4.74 Å². The Labute approximate surface area is 110 Å². The predicted octanol–water partition coefficient (Wildman–Crippen LogP) is 1.91. The van der Waals surface area contributed by atoms with Crippen molar-refractivity contribution in [3.8, 4) is 5.75 Å². The highest BCUT2D eigenvalue weighted by molar-refractivity contribution is 5.85. The van der Waals surface area contributed by atoms with Gasteiger partial charge in [0.2, 0.25) is 0 Å². The second kappa shape index (κ2) is 6.84. The Morgan fingerprint density at radius 3 is 3.00 bits per heavy atom. The van der Waals surface area contributed by atoms with Gasteiger partial charge >= 0.3 is 0 Å². The van der Waals surface area contributed by atoms with E-state index in [4.69, 9.17) is 4.74 Å². The molecule has 1 N–H and O–H groups in total. The molecule has 1 saturated heterocycles. The van der Waals surface area contributed by atoms with E-state index >= 15 is 0 Å². The molecule has 1 heterocycles. The maximum absolute atomic E-state index is 5.24. The van der Waals surface area contributed by atoms with Crippen LogP contribution in [0.1, 0.15) is 12.5 Å². The van der Waals surface area contributed by atoms with Crippen molar-refractivity contribution in [1.29, 1.82) is 0 Å². The highest BCUT2D eigenvalue weighted by Crippen LogP contribution is 2.15. The first kappa shape index (κ1) is 14.3. The number of hydrogen-bond acceptors (Lipinski definition) is 3. The molecule has 1 unspecified atom stereocenters. The van der Waals surface area contributed by atoms with E-state index in [1.165, 1.54) is 5.56 Å². The monoisotopic (exact) mass is 256 g/mol. The molecule has 1 aliphatic rings. The van der Waals surface area contributed by atoms with Crippen LogP contribution in [0.5, 0.6) is 5.75 Å². The second-order valence-electron chi connectivity index (χ2n) is 4.38. The highest BCUT2D eigenvalue weighted by atomic mass is 35.5. The molecule has 0 aliphatic carbocycles. The van der Waals surface area contributed by atoms with Gasteiger partial charge in [-0.25, -0.2) is 0 Å². The Morgan fingerprint density at radius 1 is 1.47 bits per heavy atom. The van der Waals surface area contributed by atoms with E-state index < -0.39 is 0 Å². The van der Waals surface area contributed by atoms with Crippen LogP contribution in [-0.2, 0) is 6.54 Å². The van der Waals surface area contributed by atoms with Gasteiger partial charge in [-0.15, -0.1) is 12.4 Å². The first-order valence-electron chi connectivity index (χ1n) is 5.87. The van der Waals surface area contributed by atoms with E-state index in [-0.39, 0.29) is 12.4 Å². The molecule has 0 aromatic heterocycles. The lowest BCUT2D eigenvalue weighted by molar-refractivity contribution is 0.165. The molecule has 0 amide bonds. The van der Waals surface area contributed by atoms with Gasteiger partial charge in [0.05, 0.1) is 7.11 Å². The van der Waals surface area contributed by atoms with E-state index in [1.807, 2.05) is 6.07 Å². The number of hydrogen-bond donors (Lipinski definition) is 1. The number of ether oxygens (including phenoxy) is 1. The van der Waals surface area contributed by atoms with Gasteiger partial charge in [0.1, 0.15) is 5.75 Å². The number of nitrogens with one attached hydrogen (secondary N) is 1. The van der Waals surface area contributed by atoms with Crippen molar-refractivity contribution in [3.63, 3.8) is 0 Å². The molecule has 0 saturated carbocycles. The summed E-state index contributed by atoms with van der Waals surface area (Å²) in [7, 11) is 1.71. The maximum atomic E-state index is 5.24. The molecule has 1 atom stereocenters. The van der Waals surface area contributed by atoms with E-state index in [0.29, 0.717) is 6.04 Å². The molecular formula is C13H21ClN2O. The van der Waals surface area contributed by atoms with Crippen LogP contribution in [-0.4, -0.2) is 37.7 Å². The third-order valence-electron chi connectivity index (χ3n) is 3.16. The fourth-order valence-electron chi connectivity index (χ4n) is 2.12. The van der Waals surface area contributed by atoms with Crippen LogP contribution >= 0.6 is 12.4 Å². The summed E-state index contributed by atoms with van der Waals surface area (Å²) in [6.45, 7) is 6.59. The summed E-state index contributed by atoms with van der Waals surface area (Å²) in [5.74, 6) is 0.945. The summed E-state index contributed by atoms with van der Waals surface area (Å²) < 4.78 is 5.24. The van der Waals surface area contributed by atoms with E-state index in [2.05, 4.69) is 35.3 Å². The molecule has 3 nitrogen and oxygen atoms in total. The predicted molar refractivity (Wildman–Crippen MR) is 73.0 cm³/mol. The normalized spacial score (nSPS) is 20.7. The summed E-state index contributed by atoms with van der Waals surface area (Å²) in [4.78, 5) is 2.51. The Bertz CT molecular complexity index is 346. The lowest BCUT2D eigenvalue weighted by Gasteiger charge is -2.33. The molecular weight excluding hydrogens is 236 g/mol. The molecule has 1 aliphatic heterocycles. The van der Waals surface area contributed by atoms with Crippen LogP contribution in [0.15, 0.2) is 24.3 Å². The smallest absolute Gasteiger partial charge is 0.119 e. The van der Waals surface area contributed by atoms with E-state index in [1.54, 1.807) is 7.11 Å². The largest absolute Gasteiger partial charge is 0.497 e. The molecule has 1 fully saturated rings. The molecule has 17 heavy (non-hydrogen) atoms. The lowest BCUT2D eigenvalue weighted by Crippen LogP contribution is -2.49. The topological polar surface area (TPSA) is 24.5 Å². The lowest BCUT2D eigenvalue weighted by atomic mass is 10.1. The Balaban J connectivity index is 0.00000144. The van der Waals surface area contributed by atoms with E-state index in [9.17, 15) is 0 Å². The van der Waals surface area contributed by atoms with Gasteiger partial charge in [0, 0.05) is 32.2 Å². The molecule has 1 aromatic carbocycles. The van der Waals surface area contributed by atoms with Gasteiger partial charge in [0.25, 0.3) is 0 Å². The fourth-order valence-corrected chi connectivity index (χ4v) is 2.12. The highest BCUT2D eigenvalue weighted by Gasteiger charge is 2.17. The second-order valence-corrected chi connectivity index (χ2v) is 4.38. The summed E-state index contributed by atoms with van der Waals surface area (Å²) in [6.07, 6.45) is 0. The average Bonchev–Trinajstić information content (AvgIpc) is 2.32. The molecule has 0 radical (unpaired) electrons. The Morgan fingerprint density at radius 2 is 2.29 bits per heavy atom. The minimum absolute atomic E-state index is 0. The van der Waals surface area contributed by atoms with Crippen molar-refractivity contribution in [3.05, 3.63) is 29.8 Å². The van der Waals surface area contributed by atoms with E-state index in [0.717, 1.165) is 31.9 Å². The summed E-state index contributed by atoms with van der Waals surface area (Å²) >= 11 is 0. The van der Waals surface area contributed by atoms with Gasteiger partial charge in [-0.1, -0.05) is 12.1 Å². The molecule has 2 rings (SSSR count). The number of methoxy groups -OCH3 is 1. The van der Waals surface area contributed by atoms with Crippen molar-refractivity contribution in [2.45, 2.75) is 19.5 Å². The van der Waals surface area contributed by atoms with Gasteiger partial charge in [0.15, 0.2) is 0 Å². The van der Waals surface area contributed by atoms with Gasteiger partial charge in [-0.3, -0.25) is 4.90 Å². The van der Waals surface area contributed by atoms with Crippen molar-refractivity contribution in [1.82, 2.24) is 10.2 Å². The van der Waals surface area contributed by atoms with Crippen LogP contribution < -0.4 is 10.1 Å². The van der Waals surface area contributed by atoms with Gasteiger partial charge in [-0.05, 0) is 24.6 Å². The average molecular weight is 257 g/mol. The number of nitrogens with zero attached hydrogens (tertiary/aromatic N) is 1. The third kappa shape index (κ3) is 3.87. The van der Waals surface area contributed by atoms with Gasteiger partial charge in [-0.2, -0.15) is 0 Å². The zero-order valence-corrected chi connectivity index (χ0v) is 11.3. The molecule has 96 valence electrons. The van der Waals surface area contributed by atoms with Crippen molar-refractivity contribution in [2.24, 2.45) is 0 Å². The van der Waals surface area contributed by atoms with Crippen LogP contribution in [0, 0.1) is 0 Å². The number of halogens is 1. The van der Waals surface area contributed by atoms with Crippen LogP contribution in [0.25, 0.3) is 0 Å². The van der Waals surface area contributed by atoms with Gasteiger partial charge < -0.3 is 10.1 Å². The standard InChI is InChI=1S/C13H20N2O.ClH/c1-11-9-14-6-7-15(11)10-12-4-3-5-13(8-12)16-2;/h3-5,8,11,14H,6-7,9-10H2,1-2H3;1H. The molecule has 0 spiro atoms. The Kier molecular flexibility index (Phi) is 5.75. The molecule has 1 aromatic rings. The van der Waals surface area contributed by atoms with Crippen molar-refractivity contribution in [2.75, 3.05) is 26.7 Å². The van der Waals surface area contributed by atoms with Crippen LogP contribution in [0.4, 0.5) is 0 Å². The third-order valence-corrected chi connectivity index (χ3v) is 3.16. The molecule has 4 heteroatoms. The number of piperazine rings is 1. The minimum atomic E-state index is 0. The zero-order chi connectivity index (χ0) is 11.4. The first-order chi connectivity index (χ1) is 7.79. The summed E-state index contributed by atoms with van der Waals surface area (Å²) in [5, 5.41) is 3.41. The molecule has 0 bridgehead atoms. The SMILES string of the molecule is COc1cccc(CN2CCNCC2C)c1.Cl. The summed E-state index contributed by atoms with van der Waals surface area (Å²) in [5.41, 5.74) is 1.33. The fraction of sp³-hybridized carbons (Fsp3) is 0.538. The van der Waals surface area contributed by atoms with Crippen LogP contribution in [0.2, 0.25) is 0 Å². The quantitative estimate of drug-likeness (QED) is 0.894. The van der Waals surface area contributed by atoms with Crippen molar-refractivity contribution >= 4 is 12.4 Å². The first-order valence-corrected chi connectivity index (χ1v) is 5.87. The van der Waals surface area contributed by atoms with Crippen LogP contribution in [0.3, 0.4) is 0 Å². The maximum Gasteiger partial charge on any atom is 0.119 e.